The molecule has 1 heterocycles. The van der Waals surface area contributed by atoms with E-state index in [0.717, 1.165) is 25.7 Å². The average molecular weight is 600 g/mol. The second kappa shape index (κ2) is 15.3. The number of amides is 1. The van der Waals surface area contributed by atoms with E-state index < -0.39 is 36.7 Å². The van der Waals surface area contributed by atoms with Gasteiger partial charge in [-0.3, -0.25) is 9.48 Å². The first-order chi connectivity index (χ1) is 18.4. The molecule has 1 aliphatic rings. The van der Waals surface area contributed by atoms with Gasteiger partial charge < -0.3 is 10.1 Å². The molecule has 1 amide bonds. The minimum Gasteiger partial charge on any atom is -0.434 e. The summed E-state index contributed by atoms with van der Waals surface area (Å²) < 4.78 is 86.5. The van der Waals surface area contributed by atoms with Gasteiger partial charge in [-0.05, 0) is 62.1 Å². The number of nitrogens with one attached hydrogen (secondary N) is 1. The van der Waals surface area contributed by atoms with Crippen molar-refractivity contribution in [3.63, 3.8) is 0 Å². The van der Waals surface area contributed by atoms with E-state index in [1.54, 1.807) is 6.92 Å². The maximum atomic E-state index is 13.2. The van der Waals surface area contributed by atoms with Gasteiger partial charge in [0.2, 0.25) is 0 Å². The van der Waals surface area contributed by atoms with Crippen molar-refractivity contribution in [3.05, 3.63) is 34.5 Å². The lowest BCUT2D eigenvalue weighted by molar-refractivity contribution is -0.135. The van der Waals surface area contributed by atoms with Gasteiger partial charge in [-0.25, -0.2) is 0 Å². The Kier molecular flexibility index (Phi) is 12.8. The lowest BCUT2D eigenvalue weighted by atomic mass is 9.83. The highest BCUT2D eigenvalue weighted by molar-refractivity contribution is 7.51. The molecule has 0 saturated heterocycles. The van der Waals surface area contributed by atoms with Crippen LogP contribution in [0.4, 0.5) is 22.0 Å². The van der Waals surface area contributed by atoms with Crippen LogP contribution in [0.3, 0.4) is 0 Å². The first kappa shape index (κ1) is 32.7. The van der Waals surface area contributed by atoms with Gasteiger partial charge in [0, 0.05) is 25.1 Å². The molecule has 1 fully saturated rings. The zero-order valence-electron chi connectivity index (χ0n) is 21.5. The SMILES string of the molecule is CCn1nc(C(=O)NCC2CCC(C)CC2)c(Cl)c1-c1ccc(CCCC(F)(F)F)cc1OC(F)F.O=S=O. The van der Waals surface area contributed by atoms with Crippen LogP contribution >= 0.6 is 11.6 Å². The van der Waals surface area contributed by atoms with Crippen molar-refractivity contribution in [1.82, 2.24) is 15.1 Å². The maximum Gasteiger partial charge on any atom is 0.389 e. The summed E-state index contributed by atoms with van der Waals surface area (Å²) in [5.41, 5.74) is 0.801. The van der Waals surface area contributed by atoms with E-state index in [1.165, 1.54) is 22.9 Å². The van der Waals surface area contributed by atoms with Crippen molar-refractivity contribution >= 4 is 29.1 Å². The molecule has 218 valence electrons. The quantitative estimate of drug-likeness (QED) is 0.311. The van der Waals surface area contributed by atoms with E-state index in [0.29, 0.717) is 30.5 Å². The second-order valence-electron chi connectivity index (χ2n) is 9.41. The highest BCUT2D eigenvalue weighted by Crippen LogP contribution is 2.39. The molecule has 0 atom stereocenters. The summed E-state index contributed by atoms with van der Waals surface area (Å²) in [5, 5.41) is 7.19. The topological polar surface area (TPSA) is 90.3 Å². The molecule has 0 radical (unpaired) electrons. The smallest absolute Gasteiger partial charge is 0.389 e. The summed E-state index contributed by atoms with van der Waals surface area (Å²) in [4.78, 5) is 12.9. The largest absolute Gasteiger partial charge is 0.434 e. The summed E-state index contributed by atoms with van der Waals surface area (Å²) in [6.07, 6.45) is -1.12. The molecule has 7 nitrogen and oxygen atoms in total. The molecule has 1 N–H and O–H groups in total. The molecule has 1 aliphatic carbocycles. The molecule has 2 aromatic rings. The van der Waals surface area contributed by atoms with Crippen molar-refractivity contribution in [2.45, 2.75) is 78.1 Å². The monoisotopic (exact) mass is 599 g/mol. The van der Waals surface area contributed by atoms with Gasteiger partial charge >= 0.3 is 24.4 Å². The molecule has 1 aromatic heterocycles. The fourth-order valence-electron chi connectivity index (χ4n) is 4.53. The highest BCUT2D eigenvalue weighted by Gasteiger charge is 2.28. The number of aryl methyl sites for hydroxylation is 2. The number of ether oxygens (including phenoxy) is 1. The van der Waals surface area contributed by atoms with E-state index in [2.05, 4.69) is 17.3 Å². The molecule has 39 heavy (non-hydrogen) atoms. The maximum absolute atomic E-state index is 13.2. The molecule has 0 aliphatic heterocycles. The highest BCUT2D eigenvalue weighted by atomic mass is 35.5. The van der Waals surface area contributed by atoms with E-state index >= 15 is 0 Å². The Morgan fingerprint density at radius 2 is 1.87 bits per heavy atom. The summed E-state index contributed by atoms with van der Waals surface area (Å²) >= 11 is 5.80. The van der Waals surface area contributed by atoms with E-state index in [1.807, 2.05) is 0 Å². The molecule has 0 unspecified atom stereocenters. The Bertz CT molecular complexity index is 1130. The molecular weight excluding hydrogens is 569 g/mol. The van der Waals surface area contributed by atoms with Gasteiger partial charge in [0.05, 0.1) is 10.7 Å². The van der Waals surface area contributed by atoms with Gasteiger partial charge in [-0.2, -0.15) is 35.5 Å². The van der Waals surface area contributed by atoms with Gasteiger partial charge in [0.1, 0.15) is 5.75 Å². The number of aromatic nitrogens is 2. The Labute approximate surface area is 232 Å². The minimum absolute atomic E-state index is 0.00412. The van der Waals surface area contributed by atoms with Crippen molar-refractivity contribution < 1.29 is 39.9 Å². The van der Waals surface area contributed by atoms with Crippen LogP contribution in [-0.4, -0.2) is 43.4 Å². The van der Waals surface area contributed by atoms with Gasteiger partial charge in [-0.15, -0.1) is 0 Å². The fourth-order valence-corrected chi connectivity index (χ4v) is 4.85. The minimum atomic E-state index is -4.30. The third kappa shape index (κ3) is 10.2. The van der Waals surface area contributed by atoms with Crippen molar-refractivity contribution in [2.75, 3.05) is 6.54 Å². The molecule has 1 saturated carbocycles. The van der Waals surface area contributed by atoms with Crippen LogP contribution in [0, 0.1) is 11.8 Å². The number of nitrogens with zero attached hydrogens (tertiary/aromatic N) is 2. The number of alkyl halides is 5. The molecule has 3 rings (SSSR count). The number of rotatable bonds is 10. The van der Waals surface area contributed by atoms with Crippen molar-refractivity contribution in [2.24, 2.45) is 11.8 Å². The number of hydrogen-bond acceptors (Lipinski definition) is 5. The molecule has 0 bridgehead atoms. The van der Waals surface area contributed by atoms with Gasteiger partial charge in [0.15, 0.2) is 5.69 Å². The molecular formula is C25H31ClF5N3O4S. The standard InChI is InChI=1S/C25H31ClF5N3O2.O2S/c1-3-34-22(20(26)21(33-34)23(35)32-14-17-8-6-15(2)7-9-17)18-11-10-16(5-4-12-25(29,30)31)13-19(18)36-24(27)28;1-3-2/h10-11,13,15,17,24H,3-9,12,14H2,1-2H3,(H,32,35);. The Balaban J connectivity index is 0.00000170. The van der Waals surface area contributed by atoms with Crippen LogP contribution in [0.1, 0.15) is 68.4 Å². The van der Waals surface area contributed by atoms with Crippen LogP contribution in [0.5, 0.6) is 5.75 Å². The third-order valence-electron chi connectivity index (χ3n) is 6.54. The summed E-state index contributed by atoms with van der Waals surface area (Å²) in [6.45, 7) is 1.62. The van der Waals surface area contributed by atoms with Gasteiger partial charge in [0.25, 0.3) is 5.91 Å². The van der Waals surface area contributed by atoms with Crippen LogP contribution < -0.4 is 10.1 Å². The second-order valence-corrected chi connectivity index (χ2v) is 9.92. The molecule has 14 heteroatoms. The summed E-state index contributed by atoms with van der Waals surface area (Å²) in [7, 11) is 0. The third-order valence-corrected chi connectivity index (χ3v) is 6.90. The first-order valence-corrected chi connectivity index (χ1v) is 13.6. The predicted octanol–water partition coefficient (Wildman–Crippen LogP) is 6.60. The lowest BCUT2D eigenvalue weighted by Crippen LogP contribution is -2.31. The normalized spacial score (nSPS) is 17.4. The summed E-state index contributed by atoms with van der Waals surface area (Å²) in [5.74, 6) is 0.379. The van der Waals surface area contributed by atoms with Crippen LogP contribution in [0.25, 0.3) is 11.3 Å². The lowest BCUT2D eigenvalue weighted by Gasteiger charge is -2.26. The Hall–Kier alpha value is -2.54. The number of halogens is 6. The fraction of sp³-hybridized carbons (Fsp3) is 0.600. The van der Waals surface area contributed by atoms with E-state index in [9.17, 15) is 26.7 Å². The van der Waals surface area contributed by atoms with Crippen molar-refractivity contribution in [3.8, 4) is 17.0 Å². The number of benzene rings is 1. The van der Waals surface area contributed by atoms with Crippen LogP contribution in [0.2, 0.25) is 5.02 Å². The van der Waals surface area contributed by atoms with Gasteiger partial charge in [-0.1, -0.05) is 37.4 Å². The van der Waals surface area contributed by atoms with Crippen LogP contribution in [0.15, 0.2) is 18.2 Å². The number of hydrogen-bond donors (Lipinski definition) is 1. The zero-order chi connectivity index (χ0) is 29.2. The van der Waals surface area contributed by atoms with E-state index in [4.69, 9.17) is 24.8 Å². The Morgan fingerprint density at radius 3 is 2.44 bits per heavy atom. The molecule has 1 aromatic carbocycles. The summed E-state index contributed by atoms with van der Waals surface area (Å²) in [6, 6.07) is 4.28. The predicted molar refractivity (Wildman–Crippen MR) is 136 cm³/mol. The first-order valence-electron chi connectivity index (χ1n) is 12.5. The molecule has 0 spiro atoms. The number of carbonyl (C=O) groups excluding carboxylic acids is 1. The van der Waals surface area contributed by atoms with E-state index in [-0.39, 0.29) is 40.6 Å². The number of carbonyl (C=O) groups is 1. The van der Waals surface area contributed by atoms with Crippen LogP contribution in [-0.2, 0) is 24.5 Å². The Morgan fingerprint density at radius 1 is 1.23 bits per heavy atom. The van der Waals surface area contributed by atoms with Crippen molar-refractivity contribution in [1.29, 1.82) is 0 Å². The zero-order valence-corrected chi connectivity index (χ0v) is 23.1. The average Bonchev–Trinajstić information content (AvgIpc) is 3.19.